The fourth-order valence-electron chi connectivity index (χ4n) is 3.99. The Morgan fingerprint density at radius 3 is 2.47 bits per heavy atom. The first-order valence-corrected chi connectivity index (χ1v) is 11.4. The van der Waals surface area contributed by atoms with Gasteiger partial charge in [-0.15, -0.1) is 11.3 Å². The van der Waals surface area contributed by atoms with E-state index in [4.69, 9.17) is 4.74 Å². The predicted octanol–water partition coefficient (Wildman–Crippen LogP) is 3.36. The molecule has 5 nitrogen and oxygen atoms in total. The van der Waals surface area contributed by atoms with Crippen molar-refractivity contribution in [2.75, 3.05) is 6.61 Å². The number of aliphatic hydroxyl groups excluding tert-OH is 4. The van der Waals surface area contributed by atoms with E-state index >= 15 is 0 Å². The number of hydrogen-bond acceptors (Lipinski definition) is 6. The van der Waals surface area contributed by atoms with E-state index in [-0.39, 0.29) is 18.8 Å². The Kier molecular flexibility index (Phi) is 7.05. The lowest BCUT2D eigenvalue weighted by molar-refractivity contribution is -0.162. The van der Waals surface area contributed by atoms with Crippen molar-refractivity contribution in [3.05, 3.63) is 82.0 Å². The third-order valence-electron chi connectivity index (χ3n) is 5.89. The fraction of sp³-hybridized carbons (Fsp3) is 0.360. The highest BCUT2D eigenvalue weighted by Crippen LogP contribution is 2.33. The van der Waals surface area contributed by atoms with Crippen molar-refractivity contribution in [3.8, 4) is 10.4 Å². The lowest BCUT2D eigenvalue weighted by Crippen LogP contribution is -2.46. The minimum absolute atomic E-state index is 0.0410. The first-order chi connectivity index (χ1) is 15.3. The van der Waals surface area contributed by atoms with Crippen LogP contribution in [-0.2, 0) is 11.2 Å². The summed E-state index contributed by atoms with van der Waals surface area (Å²) in [5, 5.41) is 40.9. The summed E-state index contributed by atoms with van der Waals surface area (Å²) in [6.07, 6.45) is -5.15. The van der Waals surface area contributed by atoms with Gasteiger partial charge < -0.3 is 25.2 Å². The smallest absolute Gasteiger partial charge is 0.123 e. The number of aryl methyl sites for hydroxylation is 1. The molecule has 7 heteroatoms. The van der Waals surface area contributed by atoms with Crippen LogP contribution in [0, 0.1) is 12.7 Å². The Morgan fingerprint density at radius 1 is 0.969 bits per heavy atom. The highest BCUT2D eigenvalue weighted by molar-refractivity contribution is 7.15. The highest BCUT2D eigenvalue weighted by atomic mass is 32.1. The summed E-state index contributed by atoms with van der Waals surface area (Å²) >= 11 is 1.64. The second-order valence-corrected chi connectivity index (χ2v) is 9.50. The number of ether oxygens (including phenoxy) is 1. The van der Waals surface area contributed by atoms with Crippen LogP contribution in [0.4, 0.5) is 4.39 Å². The molecule has 32 heavy (non-hydrogen) atoms. The minimum Gasteiger partial charge on any atom is -0.391 e. The second kappa shape index (κ2) is 9.79. The topological polar surface area (TPSA) is 90.2 Å². The van der Waals surface area contributed by atoms with Gasteiger partial charge in [0, 0.05) is 22.6 Å². The molecule has 2 aromatic carbocycles. The van der Waals surface area contributed by atoms with Crippen LogP contribution in [0.3, 0.4) is 0 Å². The molecule has 4 rings (SSSR count). The van der Waals surface area contributed by atoms with Crippen molar-refractivity contribution in [1.29, 1.82) is 0 Å². The number of halogens is 1. The normalized spacial score (nSPS) is 26.5. The van der Waals surface area contributed by atoms with Crippen LogP contribution < -0.4 is 0 Å². The van der Waals surface area contributed by atoms with E-state index in [0.29, 0.717) is 12.0 Å². The molecule has 1 saturated heterocycles. The summed E-state index contributed by atoms with van der Waals surface area (Å²) in [5.41, 5.74) is 3.76. The number of thiophene rings is 1. The number of hydrogen-bond donors (Lipinski definition) is 4. The van der Waals surface area contributed by atoms with E-state index in [1.807, 2.05) is 37.3 Å². The zero-order chi connectivity index (χ0) is 22.8. The van der Waals surface area contributed by atoms with Gasteiger partial charge in [-0.1, -0.05) is 30.3 Å². The summed E-state index contributed by atoms with van der Waals surface area (Å²) in [4.78, 5) is 2.19. The van der Waals surface area contributed by atoms with Gasteiger partial charge in [0.25, 0.3) is 0 Å². The molecule has 0 bridgehead atoms. The first kappa shape index (κ1) is 23.0. The molecule has 5 unspecified atom stereocenters. The molecule has 0 saturated carbocycles. The second-order valence-electron chi connectivity index (χ2n) is 8.33. The molecule has 0 spiro atoms. The number of rotatable bonds is 4. The van der Waals surface area contributed by atoms with Crippen molar-refractivity contribution in [3.63, 3.8) is 0 Å². The summed E-state index contributed by atoms with van der Waals surface area (Å²) < 4.78 is 18.9. The molecule has 1 aromatic heterocycles. The van der Waals surface area contributed by atoms with Gasteiger partial charge in [-0.25, -0.2) is 4.39 Å². The van der Waals surface area contributed by atoms with Crippen molar-refractivity contribution < 1.29 is 29.6 Å². The lowest BCUT2D eigenvalue weighted by Gasteiger charge is -2.34. The van der Waals surface area contributed by atoms with E-state index in [1.54, 1.807) is 23.5 Å². The third kappa shape index (κ3) is 5.09. The van der Waals surface area contributed by atoms with Gasteiger partial charge in [0.1, 0.15) is 24.1 Å². The molecule has 0 amide bonds. The molecule has 2 heterocycles. The largest absolute Gasteiger partial charge is 0.391 e. The predicted molar refractivity (Wildman–Crippen MR) is 121 cm³/mol. The van der Waals surface area contributed by atoms with Crippen molar-refractivity contribution in [2.24, 2.45) is 0 Å². The zero-order valence-electron chi connectivity index (χ0n) is 17.7. The van der Waals surface area contributed by atoms with Gasteiger partial charge in [-0.2, -0.15) is 0 Å². The zero-order valence-corrected chi connectivity index (χ0v) is 18.5. The molecular formula is C25H27FO5S. The SMILES string of the molecule is Cc1ccc(C2OCC(O)CC(O)C(O)C2O)cc1Cc1ccc(-c2ccc(F)cc2)s1. The third-order valence-corrected chi connectivity index (χ3v) is 7.03. The van der Waals surface area contributed by atoms with Crippen LogP contribution in [0.2, 0.25) is 0 Å². The molecule has 3 aromatic rings. The Balaban J connectivity index is 1.57. The molecule has 1 aliphatic heterocycles. The van der Waals surface area contributed by atoms with Gasteiger partial charge in [0.2, 0.25) is 0 Å². The van der Waals surface area contributed by atoms with Crippen LogP contribution in [0.5, 0.6) is 0 Å². The Morgan fingerprint density at radius 2 is 1.72 bits per heavy atom. The van der Waals surface area contributed by atoms with Crippen LogP contribution in [0.25, 0.3) is 10.4 Å². The maximum atomic E-state index is 13.2. The van der Waals surface area contributed by atoms with Crippen molar-refractivity contribution in [2.45, 2.75) is 50.3 Å². The Hall–Kier alpha value is -2.13. The van der Waals surface area contributed by atoms with Gasteiger partial charge in [0.05, 0.1) is 18.8 Å². The summed E-state index contributed by atoms with van der Waals surface area (Å²) in [5.74, 6) is -0.262. The molecule has 0 radical (unpaired) electrons. The number of aliphatic hydroxyl groups is 4. The van der Waals surface area contributed by atoms with Gasteiger partial charge >= 0.3 is 0 Å². The van der Waals surface area contributed by atoms with E-state index in [2.05, 4.69) is 0 Å². The maximum absolute atomic E-state index is 13.2. The standard InChI is InChI=1S/C25H27FO5S/c1-14-2-3-16(25-24(30)23(29)21(28)12-19(27)13-31-25)10-17(14)11-20-8-9-22(32-20)15-4-6-18(26)7-5-15/h2-10,19,21,23-25,27-30H,11-13H2,1H3. The highest BCUT2D eigenvalue weighted by Gasteiger charge is 2.36. The molecule has 170 valence electrons. The van der Waals surface area contributed by atoms with E-state index in [1.165, 1.54) is 12.1 Å². The van der Waals surface area contributed by atoms with Crippen LogP contribution in [0.1, 0.15) is 34.1 Å². The van der Waals surface area contributed by atoms with Crippen molar-refractivity contribution >= 4 is 11.3 Å². The van der Waals surface area contributed by atoms with E-state index < -0.39 is 30.5 Å². The van der Waals surface area contributed by atoms with E-state index in [9.17, 15) is 24.8 Å². The average molecular weight is 459 g/mol. The molecule has 4 N–H and O–H groups in total. The molecule has 1 fully saturated rings. The van der Waals surface area contributed by atoms with E-state index in [0.717, 1.165) is 26.4 Å². The number of benzene rings is 2. The Labute approximate surface area is 190 Å². The van der Waals surface area contributed by atoms with Crippen LogP contribution in [0.15, 0.2) is 54.6 Å². The monoisotopic (exact) mass is 458 g/mol. The fourth-order valence-corrected chi connectivity index (χ4v) is 5.02. The van der Waals surface area contributed by atoms with Crippen molar-refractivity contribution in [1.82, 2.24) is 0 Å². The Bertz CT molecular complexity index is 1050. The summed E-state index contributed by atoms with van der Waals surface area (Å²) in [6.45, 7) is 1.96. The van der Waals surface area contributed by atoms with Gasteiger partial charge in [-0.3, -0.25) is 0 Å². The van der Waals surface area contributed by atoms with Crippen LogP contribution in [-0.4, -0.2) is 51.4 Å². The lowest BCUT2D eigenvalue weighted by atomic mass is 9.91. The van der Waals surface area contributed by atoms with Gasteiger partial charge in [-0.05, 0) is 53.4 Å². The molecule has 1 aliphatic rings. The quantitative estimate of drug-likeness (QED) is 0.481. The molecule has 5 atom stereocenters. The minimum atomic E-state index is -1.42. The maximum Gasteiger partial charge on any atom is 0.123 e. The van der Waals surface area contributed by atoms with Crippen LogP contribution >= 0.6 is 11.3 Å². The summed E-state index contributed by atoms with van der Waals surface area (Å²) in [6, 6.07) is 16.2. The first-order valence-electron chi connectivity index (χ1n) is 10.6. The molecule has 0 aliphatic carbocycles. The molecular weight excluding hydrogens is 431 g/mol. The van der Waals surface area contributed by atoms with Gasteiger partial charge in [0.15, 0.2) is 0 Å². The average Bonchev–Trinajstić information content (AvgIpc) is 3.23. The summed E-state index contributed by atoms with van der Waals surface area (Å²) in [7, 11) is 0.